The number of benzene rings is 2. The number of urea groups is 1. The summed E-state index contributed by atoms with van der Waals surface area (Å²) in [4.78, 5) is 26.4. The number of carbonyl (C=O) groups is 2. The maximum atomic E-state index is 13.7. The molecule has 0 unspecified atom stereocenters. The van der Waals surface area contributed by atoms with E-state index < -0.39 is 35.1 Å². The Labute approximate surface area is 197 Å². The predicted octanol–water partition coefficient (Wildman–Crippen LogP) is 4.10. The molecule has 0 saturated carbocycles. The van der Waals surface area contributed by atoms with Gasteiger partial charge in [-0.05, 0) is 42.3 Å². The van der Waals surface area contributed by atoms with Crippen LogP contribution in [0.1, 0.15) is 32.7 Å². The summed E-state index contributed by atoms with van der Waals surface area (Å²) in [6.07, 6.45) is 2.31. The van der Waals surface area contributed by atoms with Gasteiger partial charge in [0.15, 0.2) is 0 Å². The second-order valence-electron chi connectivity index (χ2n) is 7.96. The number of aryl methyl sites for hydroxylation is 1. The molecular weight excluding hydrogens is 466 g/mol. The minimum Gasteiger partial charge on any atom is -0.366 e. The van der Waals surface area contributed by atoms with Crippen molar-refractivity contribution >= 4 is 17.6 Å². The van der Waals surface area contributed by atoms with Crippen LogP contribution in [0.15, 0.2) is 36.4 Å². The van der Waals surface area contributed by atoms with Crippen LogP contribution in [-0.4, -0.2) is 33.2 Å². The number of anilines is 1. The molecule has 180 valence electrons. The predicted molar refractivity (Wildman–Crippen MR) is 118 cm³/mol. The average molecular weight is 484 g/mol. The van der Waals surface area contributed by atoms with Crippen molar-refractivity contribution in [2.75, 3.05) is 11.9 Å². The summed E-state index contributed by atoms with van der Waals surface area (Å²) in [6, 6.07) is 6.58. The van der Waals surface area contributed by atoms with Gasteiger partial charge in [0.2, 0.25) is 0 Å². The summed E-state index contributed by atoms with van der Waals surface area (Å²) in [5.41, 5.74) is 5.48. The van der Waals surface area contributed by atoms with Gasteiger partial charge in [-0.1, -0.05) is 6.07 Å². The second-order valence-corrected chi connectivity index (χ2v) is 7.96. The van der Waals surface area contributed by atoms with Crippen molar-refractivity contribution in [1.82, 2.24) is 14.7 Å². The number of halogens is 4. The fraction of sp³-hybridized carbons (Fsp3) is 0.208. The van der Waals surface area contributed by atoms with Crippen LogP contribution in [-0.2, 0) is 19.3 Å². The van der Waals surface area contributed by atoms with Gasteiger partial charge in [-0.15, -0.1) is 11.6 Å². The number of aromatic nitrogens is 2. The molecule has 3 amide bonds. The van der Waals surface area contributed by atoms with Crippen LogP contribution in [0.25, 0.3) is 11.3 Å². The summed E-state index contributed by atoms with van der Waals surface area (Å²) in [7, 11) is 0. The van der Waals surface area contributed by atoms with Crippen LogP contribution in [0.5, 0.6) is 0 Å². The number of hydrogen-bond donors (Lipinski definition) is 2. The molecule has 4 rings (SSSR count). The summed E-state index contributed by atoms with van der Waals surface area (Å²) in [6.45, 7) is 1.87. The van der Waals surface area contributed by atoms with Gasteiger partial charge < -0.3 is 22.4 Å². The zero-order chi connectivity index (χ0) is 25.5. The minimum absolute atomic E-state index is 0.0736. The first-order chi connectivity index (χ1) is 16.5. The number of rotatable bonds is 3. The lowest BCUT2D eigenvalue weighted by atomic mass is 10.0. The van der Waals surface area contributed by atoms with Gasteiger partial charge in [0.1, 0.15) is 11.5 Å². The van der Waals surface area contributed by atoms with Crippen molar-refractivity contribution in [3.8, 4) is 17.2 Å². The molecule has 0 atom stereocenters. The zero-order valence-corrected chi connectivity index (χ0v) is 18.3. The van der Waals surface area contributed by atoms with Crippen LogP contribution in [0.4, 0.5) is 28.0 Å². The number of fused-ring (bicyclic) bond motifs is 1. The smallest absolute Gasteiger partial charge is 0.366 e. The third-order valence-corrected chi connectivity index (χ3v) is 5.66. The van der Waals surface area contributed by atoms with Crippen LogP contribution in [0.3, 0.4) is 0 Å². The monoisotopic (exact) mass is 484 g/mol. The molecule has 3 aromatic rings. The van der Waals surface area contributed by atoms with Gasteiger partial charge in [0, 0.05) is 17.8 Å². The van der Waals surface area contributed by atoms with Gasteiger partial charge in [0.25, 0.3) is 5.91 Å². The van der Waals surface area contributed by atoms with E-state index in [-0.39, 0.29) is 36.6 Å². The molecule has 0 saturated heterocycles. The fourth-order valence-electron chi connectivity index (χ4n) is 3.91. The number of nitrogens with one attached hydrogen (secondary N) is 1. The van der Waals surface area contributed by atoms with Gasteiger partial charge in [0.05, 0.1) is 24.3 Å². The molecule has 0 fully saturated rings. The maximum Gasteiger partial charge on any atom is 0.401 e. The Hall–Kier alpha value is -4.33. The summed E-state index contributed by atoms with van der Waals surface area (Å²) >= 11 is 0. The molecule has 11 heteroatoms. The highest BCUT2D eigenvalue weighted by atomic mass is 19.4. The Morgan fingerprint density at radius 2 is 1.91 bits per heavy atom. The van der Waals surface area contributed by atoms with E-state index in [2.05, 4.69) is 10.4 Å². The lowest BCUT2D eigenvalue weighted by molar-refractivity contribution is -0.137. The Kier molecular flexibility index (Phi) is 5.98. The molecule has 7 nitrogen and oxygen atoms in total. The second kappa shape index (κ2) is 8.79. The van der Waals surface area contributed by atoms with Gasteiger partial charge >= 0.3 is 12.2 Å². The highest BCUT2D eigenvalue weighted by Crippen LogP contribution is 2.34. The molecule has 1 aromatic heterocycles. The molecular formula is C24H18F4N5O2-. The van der Waals surface area contributed by atoms with E-state index >= 15 is 0 Å². The van der Waals surface area contributed by atoms with Crippen molar-refractivity contribution in [2.45, 2.75) is 26.2 Å². The van der Waals surface area contributed by atoms with Gasteiger partial charge in [-0.25, -0.2) is 9.18 Å². The third-order valence-electron chi connectivity index (χ3n) is 5.66. The number of amides is 3. The van der Waals surface area contributed by atoms with E-state index in [0.717, 1.165) is 12.1 Å². The Bertz CT molecular complexity index is 1390. The molecule has 35 heavy (non-hydrogen) atoms. The molecule has 0 spiro atoms. The first kappa shape index (κ1) is 23.8. The fourth-order valence-corrected chi connectivity index (χ4v) is 3.91. The van der Waals surface area contributed by atoms with Crippen molar-refractivity contribution in [1.29, 1.82) is 0 Å². The SMILES string of the molecule is [C-]#Cc1ccc(NC(=O)N2CCn3nc(-c4ccc(F)c(C)c4)c(C(N)=O)c3C2)cc1C(F)(F)F. The van der Waals surface area contributed by atoms with E-state index in [1.807, 2.05) is 0 Å². The lowest BCUT2D eigenvalue weighted by Crippen LogP contribution is -2.41. The third kappa shape index (κ3) is 4.55. The van der Waals surface area contributed by atoms with E-state index in [1.54, 1.807) is 12.8 Å². The van der Waals surface area contributed by atoms with Crippen molar-refractivity contribution in [2.24, 2.45) is 5.73 Å². The van der Waals surface area contributed by atoms with Crippen LogP contribution in [0.2, 0.25) is 0 Å². The molecule has 1 aliphatic heterocycles. The lowest BCUT2D eigenvalue weighted by Gasteiger charge is -2.28. The number of alkyl halides is 3. The van der Waals surface area contributed by atoms with E-state index in [1.165, 1.54) is 33.8 Å². The van der Waals surface area contributed by atoms with Crippen molar-refractivity contribution in [3.63, 3.8) is 0 Å². The van der Waals surface area contributed by atoms with E-state index in [9.17, 15) is 27.2 Å². The first-order valence-electron chi connectivity index (χ1n) is 10.4. The summed E-state index contributed by atoms with van der Waals surface area (Å²) in [5, 5.41) is 6.85. The number of primary amides is 1. The molecule has 2 aromatic carbocycles. The van der Waals surface area contributed by atoms with Gasteiger partial charge in [-0.3, -0.25) is 15.4 Å². The minimum atomic E-state index is -4.73. The average Bonchev–Trinajstić information content (AvgIpc) is 3.19. The van der Waals surface area contributed by atoms with Crippen molar-refractivity contribution < 1.29 is 27.2 Å². The first-order valence-corrected chi connectivity index (χ1v) is 10.4. The molecule has 1 aliphatic rings. The standard InChI is InChI=1S/C24H18F4N5O2/c1-3-14-4-6-16(11-17(14)24(26,27)28)30-23(35)32-8-9-33-19(12-32)20(22(29)34)21(31-33)15-5-7-18(25)13(2)10-15/h4-7,10-11H,8-9,12H2,2H3,(H2,29,34)(H,30,35)/q-1. The molecule has 3 N–H and O–H groups in total. The highest BCUT2D eigenvalue weighted by molar-refractivity contribution is 6.00. The Morgan fingerprint density at radius 1 is 1.17 bits per heavy atom. The Balaban J connectivity index is 1.62. The number of carbonyl (C=O) groups excluding carboxylic acids is 2. The number of nitrogens with zero attached hydrogens (tertiary/aromatic N) is 3. The molecule has 2 heterocycles. The molecule has 0 radical (unpaired) electrons. The van der Waals surface area contributed by atoms with Gasteiger partial charge in [-0.2, -0.15) is 18.3 Å². The van der Waals surface area contributed by atoms with Crippen LogP contribution >= 0.6 is 0 Å². The molecule has 0 aliphatic carbocycles. The van der Waals surface area contributed by atoms with E-state index in [4.69, 9.17) is 12.2 Å². The van der Waals surface area contributed by atoms with Crippen LogP contribution in [0, 0.1) is 25.1 Å². The Morgan fingerprint density at radius 3 is 2.54 bits per heavy atom. The normalized spacial score (nSPS) is 13.2. The molecule has 0 bridgehead atoms. The quantitative estimate of drug-likeness (QED) is 0.333. The van der Waals surface area contributed by atoms with Crippen LogP contribution < -0.4 is 11.1 Å². The number of hydrogen-bond acceptors (Lipinski definition) is 3. The maximum absolute atomic E-state index is 13.7. The topological polar surface area (TPSA) is 93.2 Å². The summed E-state index contributed by atoms with van der Waals surface area (Å²) in [5.74, 6) is 0.534. The van der Waals surface area contributed by atoms with E-state index in [0.29, 0.717) is 16.8 Å². The largest absolute Gasteiger partial charge is 0.401 e. The highest BCUT2D eigenvalue weighted by Gasteiger charge is 2.31. The number of nitrogens with two attached hydrogens (primary N) is 1. The summed E-state index contributed by atoms with van der Waals surface area (Å²) < 4.78 is 55.0. The zero-order valence-electron chi connectivity index (χ0n) is 18.3. The van der Waals surface area contributed by atoms with Crippen molar-refractivity contribution in [3.05, 3.63) is 76.6 Å².